The molecule has 1 unspecified atom stereocenters. The van der Waals surface area contributed by atoms with Crippen LogP contribution < -0.4 is 14.8 Å². The number of aryl methyl sites for hydroxylation is 1. The van der Waals surface area contributed by atoms with E-state index in [1.165, 1.54) is 26.6 Å². The molecule has 132 valence electrons. The Labute approximate surface area is 144 Å². The summed E-state index contributed by atoms with van der Waals surface area (Å²) in [6.45, 7) is 1.76. The van der Waals surface area contributed by atoms with Crippen LogP contribution in [0.15, 0.2) is 30.6 Å². The zero-order valence-corrected chi connectivity index (χ0v) is 14.1. The molecule has 0 aliphatic heterocycles. The number of methoxy groups -OCH3 is 2. The molecule has 2 N–H and O–H groups in total. The standard InChI is InChI=1S/C17H19N3O5/c1-10-8-19-13(9-18-10)17(23)20-12(7-16(21)22)11-4-5-14(24-2)15(6-11)25-3/h4-6,8-9,12H,7H2,1-3H3,(H,20,23)(H,21,22). The van der Waals surface area contributed by atoms with Crippen molar-refractivity contribution in [3.05, 3.63) is 47.5 Å². The van der Waals surface area contributed by atoms with Gasteiger partial charge in [0.1, 0.15) is 5.69 Å². The van der Waals surface area contributed by atoms with Crippen LogP contribution in [0, 0.1) is 6.92 Å². The Morgan fingerprint density at radius 2 is 1.88 bits per heavy atom. The average Bonchev–Trinajstić information content (AvgIpc) is 2.60. The van der Waals surface area contributed by atoms with Crippen molar-refractivity contribution >= 4 is 11.9 Å². The molecule has 2 rings (SSSR count). The molecule has 0 radical (unpaired) electrons. The fourth-order valence-electron chi connectivity index (χ4n) is 2.24. The minimum atomic E-state index is -1.05. The van der Waals surface area contributed by atoms with Gasteiger partial charge in [0.25, 0.3) is 5.91 Å². The summed E-state index contributed by atoms with van der Waals surface area (Å²) in [4.78, 5) is 31.5. The van der Waals surface area contributed by atoms with Gasteiger partial charge in [-0.25, -0.2) is 4.98 Å². The van der Waals surface area contributed by atoms with E-state index in [9.17, 15) is 9.59 Å². The van der Waals surface area contributed by atoms with Crippen LogP contribution in [0.5, 0.6) is 11.5 Å². The van der Waals surface area contributed by atoms with Gasteiger partial charge in [-0.05, 0) is 24.6 Å². The summed E-state index contributed by atoms with van der Waals surface area (Å²) in [6, 6.07) is 4.21. The van der Waals surface area contributed by atoms with Crippen molar-refractivity contribution in [1.29, 1.82) is 0 Å². The number of carbonyl (C=O) groups excluding carboxylic acids is 1. The van der Waals surface area contributed by atoms with Gasteiger partial charge in [0, 0.05) is 6.20 Å². The molecule has 0 fully saturated rings. The lowest BCUT2D eigenvalue weighted by atomic mass is 10.0. The second-order valence-corrected chi connectivity index (χ2v) is 5.28. The van der Waals surface area contributed by atoms with E-state index in [1.54, 1.807) is 25.1 Å². The summed E-state index contributed by atoms with van der Waals surface area (Å²) in [6.07, 6.45) is 2.52. The number of amides is 1. The van der Waals surface area contributed by atoms with Gasteiger partial charge in [-0.15, -0.1) is 0 Å². The molecule has 1 aromatic heterocycles. The third-order valence-corrected chi connectivity index (χ3v) is 3.51. The Bertz CT molecular complexity index is 761. The van der Waals surface area contributed by atoms with Gasteiger partial charge in [0.15, 0.2) is 11.5 Å². The number of carbonyl (C=O) groups is 2. The monoisotopic (exact) mass is 345 g/mol. The molecule has 0 spiro atoms. The Balaban J connectivity index is 2.28. The quantitative estimate of drug-likeness (QED) is 0.786. The van der Waals surface area contributed by atoms with Crippen LogP contribution in [0.1, 0.15) is 34.2 Å². The number of ether oxygens (including phenoxy) is 2. The molecule has 1 atom stereocenters. The number of rotatable bonds is 7. The van der Waals surface area contributed by atoms with Crippen LogP contribution in [0.2, 0.25) is 0 Å². The molecule has 0 aliphatic carbocycles. The molecule has 0 aliphatic rings. The summed E-state index contributed by atoms with van der Waals surface area (Å²) in [5, 5.41) is 11.8. The lowest BCUT2D eigenvalue weighted by Crippen LogP contribution is -2.31. The zero-order valence-electron chi connectivity index (χ0n) is 14.1. The van der Waals surface area contributed by atoms with Crippen LogP contribution in [0.3, 0.4) is 0 Å². The molecule has 0 saturated carbocycles. The largest absolute Gasteiger partial charge is 0.493 e. The number of nitrogens with zero attached hydrogens (tertiary/aromatic N) is 2. The lowest BCUT2D eigenvalue weighted by Gasteiger charge is -2.19. The first kappa shape index (κ1) is 18.2. The van der Waals surface area contributed by atoms with E-state index in [4.69, 9.17) is 14.6 Å². The van der Waals surface area contributed by atoms with Gasteiger partial charge < -0.3 is 19.9 Å². The number of carboxylic acids is 1. The number of hydrogen-bond donors (Lipinski definition) is 2. The number of carboxylic acid groups (broad SMARTS) is 1. The molecule has 1 amide bonds. The van der Waals surface area contributed by atoms with Gasteiger partial charge in [-0.2, -0.15) is 0 Å². The highest BCUT2D eigenvalue weighted by Gasteiger charge is 2.21. The fraction of sp³-hybridized carbons (Fsp3) is 0.294. The van der Waals surface area contributed by atoms with Gasteiger partial charge in [-0.1, -0.05) is 6.07 Å². The predicted molar refractivity (Wildman–Crippen MR) is 88.8 cm³/mol. The molecule has 8 nitrogen and oxygen atoms in total. The Morgan fingerprint density at radius 3 is 2.44 bits per heavy atom. The SMILES string of the molecule is COc1ccc(C(CC(=O)O)NC(=O)c2cnc(C)cn2)cc1OC. The Hall–Kier alpha value is -3.16. The highest BCUT2D eigenvalue weighted by molar-refractivity contribution is 5.92. The molecule has 1 aromatic carbocycles. The normalized spacial score (nSPS) is 11.5. The second-order valence-electron chi connectivity index (χ2n) is 5.28. The van der Waals surface area contributed by atoms with Crippen molar-refractivity contribution in [2.75, 3.05) is 14.2 Å². The Kier molecular flexibility index (Phi) is 5.89. The van der Waals surface area contributed by atoms with E-state index < -0.39 is 17.9 Å². The molecule has 0 bridgehead atoms. The first-order valence-corrected chi connectivity index (χ1v) is 7.47. The predicted octanol–water partition coefficient (Wildman–Crippen LogP) is 1.75. The first-order valence-electron chi connectivity index (χ1n) is 7.47. The van der Waals surface area contributed by atoms with Crippen LogP contribution in [-0.4, -0.2) is 41.2 Å². The number of aliphatic carboxylic acids is 1. The maximum absolute atomic E-state index is 12.3. The van der Waals surface area contributed by atoms with Gasteiger partial charge in [0.05, 0.1) is 38.6 Å². The summed E-state index contributed by atoms with van der Waals surface area (Å²) in [5.41, 5.74) is 1.37. The minimum Gasteiger partial charge on any atom is -0.493 e. The fourth-order valence-corrected chi connectivity index (χ4v) is 2.24. The van der Waals surface area contributed by atoms with Crippen LogP contribution in [0.25, 0.3) is 0 Å². The van der Waals surface area contributed by atoms with Crippen LogP contribution in [-0.2, 0) is 4.79 Å². The van der Waals surface area contributed by atoms with Gasteiger partial charge >= 0.3 is 5.97 Å². The highest BCUT2D eigenvalue weighted by Crippen LogP contribution is 2.31. The average molecular weight is 345 g/mol. The van der Waals surface area contributed by atoms with Crippen molar-refractivity contribution < 1.29 is 24.2 Å². The van der Waals surface area contributed by atoms with Crippen molar-refractivity contribution in [2.45, 2.75) is 19.4 Å². The van der Waals surface area contributed by atoms with E-state index in [1.807, 2.05) is 0 Å². The number of aromatic nitrogens is 2. The van der Waals surface area contributed by atoms with E-state index >= 15 is 0 Å². The Morgan fingerprint density at radius 1 is 1.16 bits per heavy atom. The molecular weight excluding hydrogens is 326 g/mol. The lowest BCUT2D eigenvalue weighted by molar-refractivity contribution is -0.137. The van der Waals surface area contributed by atoms with Gasteiger partial charge in [-0.3, -0.25) is 14.6 Å². The third-order valence-electron chi connectivity index (χ3n) is 3.51. The van der Waals surface area contributed by atoms with Crippen molar-refractivity contribution in [3.8, 4) is 11.5 Å². The van der Waals surface area contributed by atoms with Crippen molar-refractivity contribution in [3.63, 3.8) is 0 Å². The molecule has 0 saturated heterocycles. The topological polar surface area (TPSA) is 111 Å². The van der Waals surface area contributed by atoms with Crippen molar-refractivity contribution in [2.24, 2.45) is 0 Å². The maximum atomic E-state index is 12.3. The number of hydrogen-bond acceptors (Lipinski definition) is 6. The number of benzene rings is 1. The summed E-state index contributed by atoms with van der Waals surface area (Å²) < 4.78 is 10.4. The minimum absolute atomic E-state index is 0.112. The maximum Gasteiger partial charge on any atom is 0.305 e. The first-order chi connectivity index (χ1) is 11.9. The van der Waals surface area contributed by atoms with E-state index in [0.717, 1.165) is 0 Å². The summed E-state index contributed by atoms with van der Waals surface area (Å²) in [5.74, 6) is -0.598. The van der Waals surface area contributed by atoms with Gasteiger partial charge in [0.2, 0.25) is 0 Å². The van der Waals surface area contributed by atoms with E-state index in [0.29, 0.717) is 22.8 Å². The molecule has 8 heteroatoms. The zero-order chi connectivity index (χ0) is 18.4. The van der Waals surface area contributed by atoms with E-state index in [-0.39, 0.29) is 12.1 Å². The summed E-state index contributed by atoms with van der Waals surface area (Å²) >= 11 is 0. The highest BCUT2D eigenvalue weighted by atomic mass is 16.5. The van der Waals surface area contributed by atoms with E-state index in [2.05, 4.69) is 15.3 Å². The van der Waals surface area contributed by atoms with Crippen LogP contribution in [0.4, 0.5) is 0 Å². The molecule has 1 heterocycles. The molecule has 25 heavy (non-hydrogen) atoms. The second kappa shape index (κ2) is 8.09. The van der Waals surface area contributed by atoms with Crippen LogP contribution >= 0.6 is 0 Å². The number of nitrogens with one attached hydrogen (secondary N) is 1. The third kappa shape index (κ3) is 4.66. The van der Waals surface area contributed by atoms with Crippen molar-refractivity contribution in [1.82, 2.24) is 15.3 Å². The molecular formula is C17H19N3O5. The smallest absolute Gasteiger partial charge is 0.305 e. The molecule has 2 aromatic rings. The summed E-state index contributed by atoms with van der Waals surface area (Å²) in [7, 11) is 2.98.